The number of ether oxygens (including phenoxy) is 2. The molecule has 0 saturated carbocycles. The average molecular weight is 248 g/mol. The number of nitrogen functional groups attached to an aromatic ring is 1. The maximum atomic E-state index is 11.7. The van der Waals surface area contributed by atoms with Crippen LogP contribution in [0.15, 0.2) is 6.07 Å². The molecule has 0 unspecified atom stereocenters. The molecule has 96 valence electrons. The van der Waals surface area contributed by atoms with Gasteiger partial charge in [-0.1, -0.05) is 0 Å². The van der Waals surface area contributed by atoms with Crippen LogP contribution in [0.2, 0.25) is 0 Å². The number of nitrogens with two attached hydrogens (primary N) is 1. The SMILES string of the molecule is COc1cc(NCCOCC(F)F)nc(N)n1. The highest BCUT2D eigenvalue weighted by Gasteiger charge is 2.03. The molecule has 0 aliphatic rings. The molecule has 1 aromatic heterocycles. The molecule has 0 bridgehead atoms. The van der Waals surface area contributed by atoms with Crippen LogP contribution in [-0.2, 0) is 4.74 Å². The Hall–Kier alpha value is -1.70. The van der Waals surface area contributed by atoms with Gasteiger partial charge in [0, 0.05) is 12.6 Å². The number of halogens is 2. The van der Waals surface area contributed by atoms with Crippen molar-refractivity contribution in [1.29, 1.82) is 0 Å². The molecular formula is C9H14F2N4O2. The highest BCUT2D eigenvalue weighted by Crippen LogP contribution is 2.13. The van der Waals surface area contributed by atoms with E-state index in [9.17, 15) is 8.78 Å². The lowest BCUT2D eigenvalue weighted by Crippen LogP contribution is -2.14. The van der Waals surface area contributed by atoms with Crippen molar-refractivity contribution in [3.8, 4) is 5.88 Å². The molecule has 0 atom stereocenters. The summed E-state index contributed by atoms with van der Waals surface area (Å²) >= 11 is 0. The normalized spacial score (nSPS) is 10.6. The number of hydrogen-bond donors (Lipinski definition) is 2. The Bertz CT molecular complexity index is 352. The number of methoxy groups -OCH3 is 1. The fourth-order valence-electron chi connectivity index (χ4n) is 1.06. The van der Waals surface area contributed by atoms with Gasteiger partial charge >= 0.3 is 0 Å². The molecule has 0 aliphatic heterocycles. The molecule has 17 heavy (non-hydrogen) atoms. The number of nitrogens with one attached hydrogen (secondary N) is 1. The number of alkyl halides is 2. The molecule has 0 amide bonds. The molecule has 8 heteroatoms. The fraction of sp³-hybridized carbons (Fsp3) is 0.556. The van der Waals surface area contributed by atoms with E-state index in [0.717, 1.165) is 0 Å². The third kappa shape index (κ3) is 5.25. The molecule has 1 rings (SSSR count). The van der Waals surface area contributed by atoms with Crippen LogP contribution in [0.3, 0.4) is 0 Å². The summed E-state index contributed by atoms with van der Waals surface area (Å²) in [5.74, 6) is 0.851. The summed E-state index contributed by atoms with van der Waals surface area (Å²) in [7, 11) is 1.46. The lowest BCUT2D eigenvalue weighted by atomic mass is 10.5. The zero-order valence-corrected chi connectivity index (χ0v) is 9.32. The lowest BCUT2D eigenvalue weighted by Gasteiger charge is -2.08. The zero-order chi connectivity index (χ0) is 12.7. The lowest BCUT2D eigenvalue weighted by molar-refractivity contribution is 0.0215. The average Bonchev–Trinajstić information content (AvgIpc) is 2.27. The monoisotopic (exact) mass is 248 g/mol. The van der Waals surface area contributed by atoms with Gasteiger partial charge in [-0.25, -0.2) is 8.78 Å². The zero-order valence-electron chi connectivity index (χ0n) is 9.32. The van der Waals surface area contributed by atoms with Gasteiger partial charge in [-0.15, -0.1) is 0 Å². The summed E-state index contributed by atoms with van der Waals surface area (Å²) in [5.41, 5.74) is 5.43. The van der Waals surface area contributed by atoms with Crippen LogP contribution in [0.4, 0.5) is 20.5 Å². The second-order valence-electron chi connectivity index (χ2n) is 3.05. The van der Waals surface area contributed by atoms with Crippen molar-refractivity contribution >= 4 is 11.8 Å². The van der Waals surface area contributed by atoms with E-state index in [1.807, 2.05) is 0 Å². The standard InChI is InChI=1S/C9H14F2N4O2/c1-16-8-4-7(14-9(12)15-8)13-2-3-17-5-6(10)11/h4,6H,2-3,5H2,1H3,(H3,12,13,14,15). The van der Waals surface area contributed by atoms with Gasteiger partial charge in [0.15, 0.2) is 0 Å². The minimum atomic E-state index is -2.45. The van der Waals surface area contributed by atoms with Crippen molar-refractivity contribution in [3.63, 3.8) is 0 Å². The Morgan fingerprint density at radius 3 is 2.88 bits per heavy atom. The first kappa shape index (κ1) is 13.4. The number of anilines is 2. The van der Waals surface area contributed by atoms with Gasteiger partial charge in [-0.2, -0.15) is 9.97 Å². The van der Waals surface area contributed by atoms with Crippen molar-refractivity contribution < 1.29 is 18.3 Å². The second-order valence-corrected chi connectivity index (χ2v) is 3.05. The van der Waals surface area contributed by atoms with Gasteiger partial charge in [0.05, 0.1) is 13.7 Å². The predicted molar refractivity (Wildman–Crippen MR) is 58.3 cm³/mol. The number of rotatable bonds is 7. The minimum Gasteiger partial charge on any atom is -0.481 e. The van der Waals surface area contributed by atoms with Gasteiger partial charge in [0.1, 0.15) is 12.4 Å². The Morgan fingerprint density at radius 2 is 2.24 bits per heavy atom. The van der Waals surface area contributed by atoms with E-state index in [2.05, 4.69) is 20.0 Å². The summed E-state index contributed by atoms with van der Waals surface area (Å²) < 4.78 is 33.1. The molecule has 1 aromatic rings. The molecule has 1 heterocycles. The molecular weight excluding hydrogens is 234 g/mol. The van der Waals surface area contributed by atoms with E-state index in [-0.39, 0.29) is 12.6 Å². The van der Waals surface area contributed by atoms with Crippen molar-refractivity contribution in [2.75, 3.05) is 37.9 Å². The van der Waals surface area contributed by atoms with Crippen LogP contribution in [0.5, 0.6) is 5.88 Å². The maximum Gasteiger partial charge on any atom is 0.261 e. The summed E-state index contributed by atoms with van der Waals surface area (Å²) in [4.78, 5) is 7.68. The summed E-state index contributed by atoms with van der Waals surface area (Å²) in [6, 6.07) is 1.55. The number of aromatic nitrogens is 2. The van der Waals surface area contributed by atoms with Crippen molar-refractivity contribution in [3.05, 3.63) is 6.07 Å². The van der Waals surface area contributed by atoms with E-state index in [4.69, 9.17) is 10.5 Å². The van der Waals surface area contributed by atoms with Crippen molar-refractivity contribution in [1.82, 2.24) is 9.97 Å². The number of hydrogen-bond acceptors (Lipinski definition) is 6. The second kappa shape index (κ2) is 6.79. The molecule has 0 radical (unpaired) electrons. The summed E-state index contributed by atoms with van der Waals surface area (Å²) in [6.07, 6.45) is -2.45. The summed E-state index contributed by atoms with van der Waals surface area (Å²) in [5, 5.41) is 2.85. The van der Waals surface area contributed by atoms with Crippen LogP contribution < -0.4 is 15.8 Å². The van der Waals surface area contributed by atoms with Crippen LogP contribution in [0.1, 0.15) is 0 Å². The fourth-order valence-corrected chi connectivity index (χ4v) is 1.06. The maximum absolute atomic E-state index is 11.7. The van der Waals surface area contributed by atoms with E-state index >= 15 is 0 Å². The van der Waals surface area contributed by atoms with Crippen LogP contribution in [0, 0.1) is 0 Å². The topological polar surface area (TPSA) is 82.3 Å². The Morgan fingerprint density at radius 1 is 1.47 bits per heavy atom. The quantitative estimate of drug-likeness (QED) is 0.693. The molecule has 0 spiro atoms. The third-order valence-corrected chi connectivity index (χ3v) is 1.73. The van der Waals surface area contributed by atoms with Crippen molar-refractivity contribution in [2.24, 2.45) is 0 Å². The van der Waals surface area contributed by atoms with Crippen LogP contribution >= 0.6 is 0 Å². The van der Waals surface area contributed by atoms with E-state index < -0.39 is 13.0 Å². The first-order valence-corrected chi connectivity index (χ1v) is 4.90. The number of nitrogens with zero attached hydrogens (tertiary/aromatic N) is 2. The van der Waals surface area contributed by atoms with E-state index in [0.29, 0.717) is 18.2 Å². The Balaban J connectivity index is 2.33. The smallest absolute Gasteiger partial charge is 0.261 e. The largest absolute Gasteiger partial charge is 0.481 e. The molecule has 6 nitrogen and oxygen atoms in total. The first-order chi connectivity index (χ1) is 8.11. The molecule has 3 N–H and O–H groups in total. The van der Waals surface area contributed by atoms with E-state index in [1.54, 1.807) is 6.07 Å². The predicted octanol–water partition coefficient (Wildman–Crippen LogP) is 0.761. The molecule has 0 saturated heterocycles. The highest BCUT2D eigenvalue weighted by atomic mass is 19.3. The Labute approximate surface area is 97.1 Å². The van der Waals surface area contributed by atoms with Crippen LogP contribution in [-0.4, -0.2) is 43.3 Å². The van der Waals surface area contributed by atoms with Gasteiger partial charge < -0.3 is 20.5 Å². The van der Waals surface area contributed by atoms with Crippen molar-refractivity contribution in [2.45, 2.75) is 6.43 Å². The first-order valence-electron chi connectivity index (χ1n) is 4.90. The van der Waals surface area contributed by atoms with Gasteiger partial charge in [-0.3, -0.25) is 0 Å². The van der Waals surface area contributed by atoms with Gasteiger partial charge in [-0.05, 0) is 0 Å². The summed E-state index contributed by atoms with van der Waals surface area (Å²) in [6.45, 7) is -0.0835. The third-order valence-electron chi connectivity index (χ3n) is 1.73. The van der Waals surface area contributed by atoms with Gasteiger partial charge in [0.25, 0.3) is 6.43 Å². The van der Waals surface area contributed by atoms with E-state index in [1.165, 1.54) is 7.11 Å². The van der Waals surface area contributed by atoms with Gasteiger partial charge in [0.2, 0.25) is 11.8 Å². The highest BCUT2D eigenvalue weighted by molar-refractivity contribution is 5.42. The minimum absolute atomic E-state index is 0.0698. The van der Waals surface area contributed by atoms with Crippen LogP contribution in [0.25, 0.3) is 0 Å². The Kier molecular flexibility index (Phi) is 5.34. The molecule has 0 fully saturated rings. The molecule has 0 aliphatic carbocycles. The molecule has 0 aromatic carbocycles.